The van der Waals surface area contributed by atoms with E-state index in [1.807, 2.05) is 18.2 Å². The van der Waals surface area contributed by atoms with Crippen LogP contribution in [0.1, 0.15) is 36.0 Å². The van der Waals surface area contributed by atoms with Crippen LogP contribution in [0.15, 0.2) is 30.3 Å². The summed E-state index contributed by atoms with van der Waals surface area (Å²) in [6.45, 7) is 0.632. The monoisotopic (exact) mass is 277 g/mol. The average Bonchev–Trinajstić information content (AvgIpc) is 2.46. The van der Waals surface area contributed by atoms with Gasteiger partial charge in [-0.15, -0.1) is 0 Å². The van der Waals surface area contributed by atoms with Crippen molar-refractivity contribution in [1.29, 1.82) is 0 Å². The zero-order valence-corrected chi connectivity index (χ0v) is 11.2. The van der Waals surface area contributed by atoms with Gasteiger partial charge in [0, 0.05) is 12.1 Å². The standard InChI is InChI=1S/C15H19NO4/c17-14(12-4-2-1-3-5-12)16-10-11-6-8-13(9-7-11)20-15(18)19/h1-5,11,13H,6-10H2,(H,16,17)(H,18,19). The van der Waals surface area contributed by atoms with Gasteiger partial charge in [-0.2, -0.15) is 0 Å². The molecule has 1 aliphatic carbocycles. The molecule has 1 saturated carbocycles. The van der Waals surface area contributed by atoms with Gasteiger partial charge in [0.25, 0.3) is 5.91 Å². The predicted octanol–water partition coefficient (Wildman–Crippen LogP) is 2.67. The molecule has 0 aliphatic heterocycles. The van der Waals surface area contributed by atoms with Gasteiger partial charge in [0.2, 0.25) is 0 Å². The molecule has 0 atom stereocenters. The van der Waals surface area contributed by atoms with E-state index in [0.717, 1.165) is 25.7 Å². The van der Waals surface area contributed by atoms with Crippen LogP contribution in [-0.2, 0) is 4.74 Å². The zero-order chi connectivity index (χ0) is 14.4. The van der Waals surface area contributed by atoms with Gasteiger partial charge in [0.15, 0.2) is 0 Å². The fourth-order valence-corrected chi connectivity index (χ4v) is 2.53. The molecule has 0 spiro atoms. The maximum Gasteiger partial charge on any atom is 0.506 e. The first-order valence-electron chi connectivity index (χ1n) is 6.88. The molecule has 0 saturated heterocycles. The van der Waals surface area contributed by atoms with Gasteiger partial charge >= 0.3 is 6.16 Å². The van der Waals surface area contributed by atoms with Crippen molar-refractivity contribution in [3.8, 4) is 0 Å². The summed E-state index contributed by atoms with van der Waals surface area (Å²) in [4.78, 5) is 22.3. The van der Waals surface area contributed by atoms with Crippen molar-refractivity contribution < 1.29 is 19.4 Å². The topological polar surface area (TPSA) is 75.6 Å². The van der Waals surface area contributed by atoms with Crippen LogP contribution in [0.5, 0.6) is 0 Å². The minimum absolute atomic E-state index is 0.0606. The SMILES string of the molecule is O=C(O)OC1CCC(CNC(=O)c2ccccc2)CC1. The van der Waals surface area contributed by atoms with Crippen molar-refractivity contribution in [2.45, 2.75) is 31.8 Å². The first kappa shape index (κ1) is 14.4. The van der Waals surface area contributed by atoms with Crippen LogP contribution < -0.4 is 5.32 Å². The Morgan fingerprint density at radius 1 is 1.15 bits per heavy atom. The van der Waals surface area contributed by atoms with Gasteiger partial charge in [0.1, 0.15) is 6.10 Å². The van der Waals surface area contributed by atoms with Crippen molar-refractivity contribution >= 4 is 12.1 Å². The Bertz CT molecular complexity index is 452. The Morgan fingerprint density at radius 3 is 2.40 bits per heavy atom. The Hall–Kier alpha value is -2.04. The largest absolute Gasteiger partial charge is 0.506 e. The summed E-state index contributed by atoms with van der Waals surface area (Å²) in [6, 6.07) is 9.12. The highest BCUT2D eigenvalue weighted by Crippen LogP contribution is 2.25. The lowest BCUT2D eigenvalue weighted by Crippen LogP contribution is -2.33. The summed E-state index contributed by atoms with van der Waals surface area (Å²) in [5.41, 5.74) is 0.662. The van der Waals surface area contributed by atoms with Crippen LogP contribution in [0.25, 0.3) is 0 Å². The maximum atomic E-state index is 11.9. The van der Waals surface area contributed by atoms with E-state index in [4.69, 9.17) is 9.84 Å². The van der Waals surface area contributed by atoms with Gasteiger partial charge in [-0.3, -0.25) is 4.79 Å². The van der Waals surface area contributed by atoms with Crippen LogP contribution in [-0.4, -0.2) is 29.8 Å². The van der Waals surface area contributed by atoms with Crippen molar-refractivity contribution in [3.05, 3.63) is 35.9 Å². The molecule has 5 heteroatoms. The average molecular weight is 277 g/mol. The lowest BCUT2D eigenvalue weighted by atomic mass is 9.87. The number of hydrogen-bond donors (Lipinski definition) is 2. The third-order valence-electron chi connectivity index (χ3n) is 3.65. The van der Waals surface area contributed by atoms with E-state index in [9.17, 15) is 9.59 Å². The predicted molar refractivity (Wildman–Crippen MR) is 73.6 cm³/mol. The summed E-state index contributed by atoms with van der Waals surface area (Å²) in [6.07, 6.45) is 1.84. The van der Waals surface area contributed by atoms with E-state index in [0.29, 0.717) is 18.0 Å². The molecule has 0 radical (unpaired) electrons. The van der Waals surface area contributed by atoms with E-state index in [2.05, 4.69) is 5.32 Å². The van der Waals surface area contributed by atoms with Crippen molar-refractivity contribution in [2.75, 3.05) is 6.54 Å². The smallest absolute Gasteiger partial charge is 0.450 e. The first-order chi connectivity index (χ1) is 9.65. The second kappa shape index (κ2) is 6.93. The number of rotatable bonds is 4. The summed E-state index contributed by atoms with van der Waals surface area (Å²) in [5, 5.41) is 11.5. The number of hydrogen-bond acceptors (Lipinski definition) is 3. The fourth-order valence-electron chi connectivity index (χ4n) is 2.53. The highest BCUT2D eigenvalue weighted by molar-refractivity contribution is 5.94. The molecule has 0 aromatic heterocycles. The summed E-state index contributed by atoms with van der Waals surface area (Å²) < 4.78 is 4.76. The maximum absolute atomic E-state index is 11.9. The van der Waals surface area contributed by atoms with Crippen LogP contribution in [0.3, 0.4) is 0 Å². The third-order valence-corrected chi connectivity index (χ3v) is 3.65. The van der Waals surface area contributed by atoms with E-state index >= 15 is 0 Å². The first-order valence-corrected chi connectivity index (χ1v) is 6.88. The Labute approximate surface area is 117 Å². The van der Waals surface area contributed by atoms with Crippen LogP contribution in [0.2, 0.25) is 0 Å². The zero-order valence-electron chi connectivity index (χ0n) is 11.2. The van der Waals surface area contributed by atoms with Crippen LogP contribution in [0.4, 0.5) is 4.79 Å². The third kappa shape index (κ3) is 4.26. The minimum atomic E-state index is -1.20. The molecule has 1 aliphatic rings. The highest BCUT2D eigenvalue weighted by atomic mass is 16.7. The molecule has 1 aromatic carbocycles. The second-order valence-corrected chi connectivity index (χ2v) is 5.10. The van der Waals surface area contributed by atoms with Gasteiger partial charge in [0.05, 0.1) is 0 Å². The number of carbonyl (C=O) groups excluding carboxylic acids is 1. The van der Waals surface area contributed by atoms with Crippen LogP contribution >= 0.6 is 0 Å². The number of carboxylic acid groups (broad SMARTS) is 1. The van der Waals surface area contributed by atoms with E-state index in [1.54, 1.807) is 12.1 Å². The van der Waals surface area contributed by atoms with Crippen molar-refractivity contribution in [1.82, 2.24) is 5.32 Å². The molecule has 1 aromatic rings. The molecule has 1 amide bonds. The number of amides is 1. The van der Waals surface area contributed by atoms with Gasteiger partial charge in [-0.25, -0.2) is 4.79 Å². The minimum Gasteiger partial charge on any atom is -0.450 e. The summed E-state index contributed by atoms with van der Waals surface area (Å²) in [5.74, 6) is 0.339. The second-order valence-electron chi connectivity index (χ2n) is 5.10. The quantitative estimate of drug-likeness (QED) is 0.830. The molecule has 0 bridgehead atoms. The lowest BCUT2D eigenvalue weighted by molar-refractivity contribution is 0.0285. The molecule has 1 fully saturated rings. The molecule has 2 N–H and O–H groups in total. The Kier molecular flexibility index (Phi) is 4.98. The number of nitrogens with one attached hydrogen (secondary N) is 1. The lowest BCUT2D eigenvalue weighted by Gasteiger charge is -2.27. The molecular formula is C15H19NO4. The fraction of sp³-hybridized carbons (Fsp3) is 0.467. The van der Waals surface area contributed by atoms with Crippen LogP contribution in [0, 0.1) is 5.92 Å². The van der Waals surface area contributed by atoms with Crippen molar-refractivity contribution in [2.24, 2.45) is 5.92 Å². The molecule has 108 valence electrons. The Balaban J connectivity index is 1.71. The summed E-state index contributed by atoms with van der Waals surface area (Å²) in [7, 11) is 0. The van der Waals surface area contributed by atoms with Crippen molar-refractivity contribution in [3.63, 3.8) is 0 Å². The van der Waals surface area contributed by atoms with Gasteiger partial charge in [-0.05, 0) is 43.7 Å². The summed E-state index contributed by atoms with van der Waals surface area (Å²) >= 11 is 0. The molecule has 2 rings (SSSR count). The van der Waals surface area contributed by atoms with E-state index in [1.165, 1.54) is 0 Å². The number of carbonyl (C=O) groups is 2. The normalized spacial score (nSPS) is 22.0. The number of benzene rings is 1. The molecule has 0 heterocycles. The Morgan fingerprint density at radius 2 is 1.80 bits per heavy atom. The molecular weight excluding hydrogens is 258 g/mol. The molecule has 5 nitrogen and oxygen atoms in total. The molecule has 0 unspecified atom stereocenters. The van der Waals surface area contributed by atoms with Gasteiger partial charge < -0.3 is 15.2 Å². The number of ether oxygens (including phenoxy) is 1. The van der Waals surface area contributed by atoms with Gasteiger partial charge in [-0.1, -0.05) is 18.2 Å². The van der Waals surface area contributed by atoms with E-state index < -0.39 is 6.16 Å². The highest BCUT2D eigenvalue weighted by Gasteiger charge is 2.24. The molecule has 20 heavy (non-hydrogen) atoms. The van der Waals surface area contributed by atoms with E-state index in [-0.39, 0.29) is 12.0 Å².